The van der Waals surface area contributed by atoms with Crippen LogP contribution in [0.15, 0.2) is 23.1 Å². The van der Waals surface area contributed by atoms with Crippen molar-refractivity contribution >= 4 is 21.7 Å². The molecule has 104 valence electrons. The smallest absolute Gasteiger partial charge is 0.335 e. The van der Waals surface area contributed by atoms with Crippen molar-refractivity contribution in [2.75, 3.05) is 31.1 Å². The van der Waals surface area contributed by atoms with Gasteiger partial charge < -0.3 is 15.3 Å². The highest BCUT2D eigenvalue weighted by molar-refractivity contribution is 7.89. The summed E-state index contributed by atoms with van der Waals surface area (Å²) in [6.45, 7) is 2.78. The van der Waals surface area contributed by atoms with E-state index in [1.54, 1.807) is 0 Å². The Bertz CT molecular complexity index is 594. The van der Waals surface area contributed by atoms with Crippen molar-refractivity contribution in [2.45, 2.75) is 4.90 Å². The van der Waals surface area contributed by atoms with Crippen molar-refractivity contribution in [1.29, 1.82) is 0 Å². The molecule has 0 saturated carbocycles. The van der Waals surface area contributed by atoms with Crippen LogP contribution in [0, 0.1) is 0 Å². The first-order chi connectivity index (χ1) is 8.89. The second-order valence-electron chi connectivity index (χ2n) is 4.27. The largest absolute Gasteiger partial charge is 0.478 e. The number of nitrogens with one attached hydrogen (secondary N) is 1. The Balaban J connectivity index is 2.50. The highest BCUT2D eigenvalue weighted by Crippen LogP contribution is 2.26. The average Bonchev–Trinajstić information content (AvgIpc) is 2.38. The van der Waals surface area contributed by atoms with Crippen molar-refractivity contribution in [3.63, 3.8) is 0 Å². The maximum Gasteiger partial charge on any atom is 0.335 e. The van der Waals surface area contributed by atoms with Crippen LogP contribution in [0.3, 0.4) is 0 Å². The SMILES string of the molecule is NS(=O)(=O)c1cc(C(=O)O)ccc1N1CCNCC1. The summed E-state index contributed by atoms with van der Waals surface area (Å²) >= 11 is 0. The molecule has 1 aliphatic rings. The quantitative estimate of drug-likeness (QED) is 0.686. The Hall–Kier alpha value is -1.64. The molecule has 1 fully saturated rings. The lowest BCUT2D eigenvalue weighted by Crippen LogP contribution is -2.44. The summed E-state index contributed by atoms with van der Waals surface area (Å²) in [6.07, 6.45) is 0. The Morgan fingerprint density at radius 3 is 2.47 bits per heavy atom. The van der Waals surface area contributed by atoms with Gasteiger partial charge in [0.1, 0.15) is 4.90 Å². The highest BCUT2D eigenvalue weighted by Gasteiger charge is 2.22. The van der Waals surface area contributed by atoms with Gasteiger partial charge in [0.25, 0.3) is 0 Å². The minimum Gasteiger partial charge on any atom is -0.478 e. The number of anilines is 1. The fraction of sp³-hybridized carbons (Fsp3) is 0.364. The first-order valence-electron chi connectivity index (χ1n) is 5.75. The first kappa shape index (κ1) is 13.8. The molecule has 0 amide bonds. The molecule has 0 aliphatic carbocycles. The summed E-state index contributed by atoms with van der Waals surface area (Å²) in [5, 5.41) is 17.2. The van der Waals surface area contributed by atoms with E-state index in [4.69, 9.17) is 10.2 Å². The third kappa shape index (κ3) is 3.03. The van der Waals surface area contributed by atoms with E-state index in [9.17, 15) is 13.2 Å². The minimum absolute atomic E-state index is 0.0945. The maximum absolute atomic E-state index is 11.6. The van der Waals surface area contributed by atoms with Crippen LogP contribution < -0.4 is 15.4 Å². The monoisotopic (exact) mass is 285 g/mol. The van der Waals surface area contributed by atoms with E-state index in [2.05, 4.69) is 5.32 Å². The number of nitrogens with two attached hydrogens (primary N) is 1. The van der Waals surface area contributed by atoms with Crippen LogP contribution >= 0.6 is 0 Å². The van der Waals surface area contributed by atoms with E-state index < -0.39 is 16.0 Å². The molecule has 0 atom stereocenters. The van der Waals surface area contributed by atoms with Gasteiger partial charge >= 0.3 is 5.97 Å². The molecule has 8 heteroatoms. The zero-order chi connectivity index (χ0) is 14.0. The van der Waals surface area contributed by atoms with Crippen LogP contribution in [0.2, 0.25) is 0 Å². The Morgan fingerprint density at radius 2 is 1.95 bits per heavy atom. The van der Waals surface area contributed by atoms with Crippen LogP contribution in [-0.2, 0) is 10.0 Å². The van der Waals surface area contributed by atoms with Crippen molar-refractivity contribution in [1.82, 2.24) is 5.32 Å². The van der Waals surface area contributed by atoms with Crippen LogP contribution in [0.5, 0.6) is 0 Å². The van der Waals surface area contributed by atoms with Gasteiger partial charge in [-0.2, -0.15) is 0 Å². The lowest BCUT2D eigenvalue weighted by Gasteiger charge is -2.30. The molecule has 1 aromatic rings. The molecule has 1 saturated heterocycles. The predicted molar refractivity (Wildman–Crippen MR) is 69.9 cm³/mol. The fourth-order valence-electron chi connectivity index (χ4n) is 2.04. The molecule has 7 nitrogen and oxygen atoms in total. The molecular weight excluding hydrogens is 270 g/mol. The number of hydrogen-bond acceptors (Lipinski definition) is 5. The number of hydrogen-bond donors (Lipinski definition) is 3. The number of rotatable bonds is 3. The lowest BCUT2D eigenvalue weighted by molar-refractivity contribution is 0.0696. The number of aromatic carboxylic acids is 1. The van der Waals surface area contributed by atoms with Crippen LogP contribution in [0.1, 0.15) is 10.4 Å². The first-order valence-corrected chi connectivity index (χ1v) is 7.30. The molecule has 0 spiro atoms. The number of benzene rings is 1. The third-order valence-electron chi connectivity index (χ3n) is 2.97. The summed E-state index contributed by atoms with van der Waals surface area (Å²) < 4.78 is 23.2. The number of carbonyl (C=O) groups is 1. The second kappa shape index (κ2) is 5.16. The van der Waals surface area contributed by atoms with Gasteiger partial charge in [-0.3, -0.25) is 0 Å². The Kier molecular flexibility index (Phi) is 3.74. The van der Waals surface area contributed by atoms with Gasteiger partial charge in [-0.15, -0.1) is 0 Å². The molecular formula is C11H15N3O4S. The minimum atomic E-state index is -3.96. The van der Waals surface area contributed by atoms with Crippen molar-refractivity contribution < 1.29 is 18.3 Å². The summed E-state index contributed by atoms with van der Waals surface area (Å²) in [5.41, 5.74) is 0.358. The zero-order valence-corrected chi connectivity index (χ0v) is 11.0. The molecule has 0 bridgehead atoms. The standard InChI is InChI=1S/C11H15N3O4S/c12-19(17,18)10-7-8(11(15)16)1-2-9(10)14-5-3-13-4-6-14/h1-2,7,13H,3-6H2,(H,15,16)(H2,12,17,18). The molecule has 0 aromatic heterocycles. The molecule has 0 radical (unpaired) electrons. The molecule has 1 aromatic carbocycles. The van der Waals surface area contributed by atoms with Gasteiger partial charge in [-0.05, 0) is 18.2 Å². The van der Waals surface area contributed by atoms with Crippen molar-refractivity contribution in [3.05, 3.63) is 23.8 Å². The van der Waals surface area contributed by atoms with Crippen molar-refractivity contribution in [2.24, 2.45) is 5.14 Å². The summed E-state index contributed by atoms with van der Waals surface area (Å²) in [5.74, 6) is -1.18. The van der Waals surface area contributed by atoms with Gasteiger partial charge in [0, 0.05) is 26.2 Å². The molecule has 4 N–H and O–H groups in total. The van der Waals surface area contributed by atoms with Gasteiger partial charge in [-0.1, -0.05) is 0 Å². The number of sulfonamides is 1. The van der Waals surface area contributed by atoms with Crippen LogP contribution in [0.25, 0.3) is 0 Å². The number of carboxylic acid groups (broad SMARTS) is 1. The highest BCUT2D eigenvalue weighted by atomic mass is 32.2. The molecule has 1 heterocycles. The second-order valence-corrected chi connectivity index (χ2v) is 5.80. The molecule has 1 aliphatic heterocycles. The molecule has 19 heavy (non-hydrogen) atoms. The molecule has 0 unspecified atom stereocenters. The Morgan fingerprint density at radius 1 is 1.32 bits per heavy atom. The molecule has 2 rings (SSSR count). The van der Waals surface area contributed by atoms with Gasteiger partial charge in [0.15, 0.2) is 0 Å². The van der Waals surface area contributed by atoms with E-state index in [0.29, 0.717) is 18.8 Å². The van der Waals surface area contributed by atoms with Crippen LogP contribution in [0.4, 0.5) is 5.69 Å². The maximum atomic E-state index is 11.6. The number of carboxylic acids is 1. The number of primary sulfonamides is 1. The van der Waals surface area contributed by atoms with E-state index in [1.165, 1.54) is 12.1 Å². The summed E-state index contributed by atoms with van der Waals surface area (Å²) in [6, 6.07) is 3.98. The summed E-state index contributed by atoms with van der Waals surface area (Å²) in [4.78, 5) is 12.6. The predicted octanol–water partition coefficient (Wildman–Crippen LogP) is -0.558. The van der Waals surface area contributed by atoms with E-state index in [-0.39, 0.29) is 10.5 Å². The summed E-state index contributed by atoms with van der Waals surface area (Å²) in [7, 11) is -3.96. The normalized spacial score (nSPS) is 16.4. The third-order valence-corrected chi connectivity index (χ3v) is 3.91. The fourth-order valence-corrected chi connectivity index (χ4v) is 2.82. The average molecular weight is 285 g/mol. The van der Waals surface area contributed by atoms with Crippen molar-refractivity contribution in [3.8, 4) is 0 Å². The van der Waals surface area contributed by atoms with Gasteiger partial charge in [0.05, 0.1) is 11.3 Å². The van der Waals surface area contributed by atoms with E-state index in [0.717, 1.165) is 19.2 Å². The number of nitrogens with zero attached hydrogens (tertiary/aromatic N) is 1. The van der Waals surface area contributed by atoms with Crippen LogP contribution in [-0.4, -0.2) is 45.7 Å². The zero-order valence-electron chi connectivity index (χ0n) is 10.2. The van der Waals surface area contributed by atoms with E-state index >= 15 is 0 Å². The Labute approximate surface area is 111 Å². The lowest BCUT2D eigenvalue weighted by atomic mass is 10.2. The topological polar surface area (TPSA) is 113 Å². The van der Waals surface area contributed by atoms with Gasteiger partial charge in [0.2, 0.25) is 10.0 Å². The van der Waals surface area contributed by atoms with E-state index in [1.807, 2.05) is 4.90 Å². The van der Waals surface area contributed by atoms with Gasteiger partial charge in [-0.25, -0.2) is 18.4 Å². The number of piperazine rings is 1.